The van der Waals surface area contributed by atoms with Crippen LogP contribution >= 0.6 is 11.3 Å². The lowest BCUT2D eigenvalue weighted by Gasteiger charge is -2.67. The second-order valence-electron chi connectivity index (χ2n) is 16.0. The van der Waals surface area contributed by atoms with E-state index in [1.54, 1.807) is 106 Å². The van der Waals surface area contributed by atoms with Gasteiger partial charge in [-0.05, 0) is 48.1 Å². The molecule has 4 aliphatic rings. The Hall–Kier alpha value is -3.98. The zero-order valence-corrected chi connectivity index (χ0v) is 32.0. The van der Waals surface area contributed by atoms with E-state index in [4.69, 9.17) is 18.9 Å². The summed E-state index contributed by atoms with van der Waals surface area (Å²) >= 11 is 1.13. The van der Waals surface area contributed by atoms with Crippen molar-refractivity contribution < 1.29 is 58.3 Å². The number of thiophene rings is 1. The van der Waals surface area contributed by atoms with Gasteiger partial charge < -0.3 is 39.4 Å². The van der Waals surface area contributed by atoms with Gasteiger partial charge in [0.15, 0.2) is 18.1 Å². The minimum absolute atomic E-state index is 0.0556. The molecular weight excluding hydrogens is 715 g/mol. The number of pyridine rings is 1. The highest BCUT2D eigenvalue weighted by Crippen LogP contribution is 2.63. The number of carbonyl (C=O) groups is 3. The SMILES string of the molecule is CC1=C2C(O)C(=O)[C@]3(C)C(Oc4cccc[n+]4C)CC4OCC4(O)C3C(OC(=O)c3cccs3)C(O)(CC1OC(=O)C(O)[C@@H](C)c1ccccc1)C2(C)C. The van der Waals surface area contributed by atoms with E-state index >= 15 is 4.79 Å². The number of aryl methyl sites for hydroxylation is 1. The van der Waals surface area contributed by atoms with Crippen molar-refractivity contribution in [2.75, 3.05) is 6.61 Å². The Morgan fingerprint density at radius 3 is 2.35 bits per heavy atom. The molecule has 1 aromatic carbocycles. The maximum atomic E-state index is 15.2. The molecular formula is C41H48NO11S+. The van der Waals surface area contributed by atoms with Crippen molar-refractivity contribution in [1.29, 1.82) is 0 Å². The summed E-state index contributed by atoms with van der Waals surface area (Å²) in [6.07, 6.45) is -6.78. The summed E-state index contributed by atoms with van der Waals surface area (Å²) < 4.78 is 26.6. The molecule has 4 N–H and O–H groups in total. The van der Waals surface area contributed by atoms with Crippen molar-refractivity contribution in [3.05, 3.63) is 93.8 Å². The van der Waals surface area contributed by atoms with Gasteiger partial charge >= 0.3 is 17.8 Å². The number of benzene rings is 1. The summed E-state index contributed by atoms with van der Waals surface area (Å²) in [4.78, 5) is 43.2. The molecule has 288 valence electrons. The number of hydrogen-bond donors (Lipinski definition) is 4. The molecule has 2 aromatic heterocycles. The maximum Gasteiger partial charge on any atom is 0.367 e. The molecule has 0 radical (unpaired) electrons. The number of aromatic nitrogens is 1. The number of esters is 2. The van der Waals surface area contributed by atoms with Crippen molar-refractivity contribution in [2.24, 2.45) is 23.8 Å². The van der Waals surface area contributed by atoms with Crippen molar-refractivity contribution in [1.82, 2.24) is 0 Å². The largest absolute Gasteiger partial charge is 0.456 e. The van der Waals surface area contributed by atoms with Crippen LogP contribution in [0.25, 0.3) is 0 Å². The average molecular weight is 763 g/mol. The van der Waals surface area contributed by atoms with Gasteiger partial charge in [0.1, 0.15) is 47.5 Å². The first-order valence-corrected chi connectivity index (χ1v) is 19.1. The highest BCUT2D eigenvalue weighted by Gasteiger charge is 2.77. The summed E-state index contributed by atoms with van der Waals surface area (Å²) in [7, 11) is 1.78. The smallest absolute Gasteiger partial charge is 0.367 e. The van der Waals surface area contributed by atoms with E-state index in [1.807, 2.05) is 12.1 Å². The predicted molar refractivity (Wildman–Crippen MR) is 194 cm³/mol. The third-order valence-corrected chi connectivity index (χ3v) is 13.7. The molecule has 2 bridgehead atoms. The van der Waals surface area contributed by atoms with E-state index in [1.165, 1.54) is 0 Å². The molecule has 13 heteroatoms. The van der Waals surface area contributed by atoms with Crippen molar-refractivity contribution in [3.63, 3.8) is 0 Å². The fourth-order valence-corrected chi connectivity index (χ4v) is 10.1. The molecule has 54 heavy (non-hydrogen) atoms. The van der Waals surface area contributed by atoms with Crippen LogP contribution in [0.4, 0.5) is 0 Å². The number of nitrogens with zero attached hydrogens (tertiary/aromatic N) is 1. The first-order valence-electron chi connectivity index (χ1n) is 18.3. The second-order valence-corrected chi connectivity index (χ2v) is 17.0. The molecule has 11 atom stereocenters. The van der Waals surface area contributed by atoms with Crippen LogP contribution in [0, 0.1) is 16.7 Å². The van der Waals surface area contributed by atoms with Crippen molar-refractivity contribution in [3.8, 4) is 5.88 Å². The number of fused-ring (bicyclic) bond motifs is 5. The van der Waals surface area contributed by atoms with E-state index in [-0.39, 0.29) is 29.9 Å². The van der Waals surface area contributed by atoms with Crippen LogP contribution in [-0.4, -0.2) is 92.6 Å². The molecule has 3 aromatic rings. The molecule has 1 saturated heterocycles. The number of ether oxygens (including phenoxy) is 4. The van der Waals surface area contributed by atoms with Gasteiger partial charge in [-0.1, -0.05) is 57.2 Å². The Bertz CT molecular complexity index is 1970. The van der Waals surface area contributed by atoms with Crippen molar-refractivity contribution >= 4 is 29.1 Å². The standard InChI is InChI=1S/C41H48NO11S/c1-22(24-13-8-7-9-14-24)31(43)37(47)51-25-20-41(49)35(53-36(46)26-15-12-18-54-26)33-39(5,34(45)32(44)30(23(25)2)38(41,3)4)27(19-28-40(33,48)21-50-28)52-29-16-10-11-17-42(29)6/h7-18,22,25,27-28,31-33,35,43-44,48-49H,19-21H2,1-6H3/q+1/t22-,25?,27?,28?,31?,32?,33?,35?,39+,40?,41?/m0/s1. The van der Waals surface area contributed by atoms with Gasteiger partial charge in [0.05, 0.1) is 24.2 Å². The summed E-state index contributed by atoms with van der Waals surface area (Å²) in [5.74, 6) is -4.12. The van der Waals surface area contributed by atoms with Crippen LogP contribution in [-0.2, 0) is 30.8 Å². The summed E-state index contributed by atoms with van der Waals surface area (Å²) in [6.45, 7) is 7.93. The molecule has 1 aliphatic heterocycles. The number of aliphatic hydroxyl groups excluding tert-OH is 2. The first kappa shape index (κ1) is 38.3. The van der Waals surface area contributed by atoms with Crippen LogP contribution in [0.5, 0.6) is 5.88 Å². The van der Waals surface area contributed by atoms with E-state index in [2.05, 4.69) is 0 Å². The lowest BCUT2D eigenvalue weighted by molar-refractivity contribution is -0.678. The Morgan fingerprint density at radius 2 is 1.72 bits per heavy atom. The third kappa shape index (κ3) is 5.74. The maximum absolute atomic E-state index is 15.2. The highest BCUT2D eigenvalue weighted by molar-refractivity contribution is 7.11. The molecule has 12 nitrogen and oxygen atoms in total. The van der Waals surface area contributed by atoms with E-state index in [9.17, 15) is 30.0 Å². The normalized spacial score (nSPS) is 35.3. The molecule has 0 amide bonds. The lowest BCUT2D eigenvalue weighted by atomic mass is 9.44. The monoisotopic (exact) mass is 762 g/mol. The zero-order chi connectivity index (χ0) is 39.0. The zero-order valence-electron chi connectivity index (χ0n) is 31.2. The first-order chi connectivity index (χ1) is 25.5. The Balaban J connectivity index is 1.39. The number of aliphatic hydroxyl groups is 4. The number of carbonyl (C=O) groups excluding carboxylic acids is 3. The fourth-order valence-electron chi connectivity index (χ4n) is 9.47. The van der Waals surface area contributed by atoms with Gasteiger partial charge in [-0.3, -0.25) is 4.79 Å². The van der Waals surface area contributed by atoms with Gasteiger partial charge in [-0.25, -0.2) is 9.59 Å². The average Bonchev–Trinajstić information content (AvgIpc) is 3.69. The quantitative estimate of drug-likeness (QED) is 0.151. The number of rotatable bonds is 8. The molecule has 7 rings (SSSR count). The molecule has 9 unspecified atom stereocenters. The predicted octanol–water partition coefficient (Wildman–Crippen LogP) is 3.20. The Kier molecular flexibility index (Phi) is 9.68. The molecule has 3 heterocycles. The van der Waals surface area contributed by atoms with Crippen LogP contribution in [0.15, 0.2) is 83.4 Å². The minimum Gasteiger partial charge on any atom is -0.456 e. The summed E-state index contributed by atoms with van der Waals surface area (Å²) in [6, 6.07) is 17.5. The van der Waals surface area contributed by atoms with Crippen LogP contribution in [0.3, 0.4) is 0 Å². The van der Waals surface area contributed by atoms with Crippen LogP contribution < -0.4 is 9.30 Å². The van der Waals surface area contributed by atoms with E-state index < -0.39 is 88.2 Å². The van der Waals surface area contributed by atoms with Gasteiger partial charge in [0.2, 0.25) is 0 Å². The Morgan fingerprint density at radius 1 is 1.02 bits per heavy atom. The third-order valence-electron chi connectivity index (χ3n) is 12.9. The minimum atomic E-state index is -2.18. The topological polar surface area (TPSA) is 173 Å². The molecule has 3 aliphatic carbocycles. The number of ketones is 1. The Labute approximate surface area is 318 Å². The van der Waals surface area contributed by atoms with E-state index in [0.717, 1.165) is 11.3 Å². The number of hydrogen-bond acceptors (Lipinski definition) is 12. The lowest BCUT2D eigenvalue weighted by Crippen LogP contribution is -2.81. The molecule has 2 saturated carbocycles. The van der Waals surface area contributed by atoms with Gasteiger partial charge in [-0.2, -0.15) is 4.57 Å². The summed E-state index contributed by atoms with van der Waals surface area (Å²) in [5, 5.41) is 51.2. The molecule has 3 fully saturated rings. The van der Waals surface area contributed by atoms with Crippen LogP contribution in [0.2, 0.25) is 0 Å². The highest BCUT2D eigenvalue weighted by atomic mass is 32.1. The van der Waals surface area contributed by atoms with Gasteiger partial charge in [0, 0.05) is 36.2 Å². The fraction of sp³-hybridized carbons (Fsp3) is 0.512. The van der Waals surface area contributed by atoms with Gasteiger partial charge in [-0.15, -0.1) is 11.3 Å². The van der Waals surface area contributed by atoms with Crippen LogP contribution in [0.1, 0.15) is 68.6 Å². The molecule has 0 spiro atoms. The van der Waals surface area contributed by atoms with Crippen molar-refractivity contribution in [2.45, 2.75) is 101 Å². The van der Waals surface area contributed by atoms with Gasteiger partial charge in [0.25, 0.3) is 0 Å². The van der Waals surface area contributed by atoms with E-state index in [0.29, 0.717) is 17.0 Å². The second kappa shape index (κ2) is 13.6. The summed E-state index contributed by atoms with van der Waals surface area (Å²) in [5.41, 5.74) is -6.16. The number of Topliss-reactive ketones (excluding diaryl/α,β-unsaturated/α-hetero) is 1.